The van der Waals surface area contributed by atoms with Gasteiger partial charge in [-0.15, -0.1) is 0 Å². The lowest BCUT2D eigenvalue weighted by Crippen LogP contribution is -2.43. The maximum atomic E-state index is 13.6. The van der Waals surface area contributed by atoms with Crippen molar-refractivity contribution in [1.29, 1.82) is 0 Å². The summed E-state index contributed by atoms with van der Waals surface area (Å²) in [5.41, 5.74) is 1.30. The van der Waals surface area contributed by atoms with Crippen LogP contribution < -0.4 is 10.1 Å². The zero-order valence-corrected chi connectivity index (χ0v) is 21.3. The highest BCUT2D eigenvalue weighted by Gasteiger charge is 2.34. The number of aryl methyl sites for hydroxylation is 1. The molecule has 12 heteroatoms. The Kier molecular flexibility index (Phi) is 6.49. The molecule has 1 N–H and O–H groups in total. The summed E-state index contributed by atoms with van der Waals surface area (Å²) < 4.78 is 48.6. The summed E-state index contributed by atoms with van der Waals surface area (Å²) in [5, 5.41) is 7.83. The third kappa shape index (κ3) is 4.71. The minimum absolute atomic E-state index is 0.0771. The highest BCUT2D eigenvalue weighted by atomic mass is 32.2. The third-order valence-corrected chi connectivity index (χ3v) is 8.93. The fourth-order valence-electron chi connectivity index (χ4n) is 4.21. The molecule has 0 radical (unpaired) electrons. The number of thiazole rings is 1. The highest BCUT2D eigenvalue weighted by molar-refractivity contribution is 7.89. The van der Waals surface area contributed by atoms with E-state index in [2.05, 4.69) is 15.4 Å². The Morgan fingerprint density at radius 3 is 2.72 bits per heavy atom. The minimum atomic E-state index is -3.75. The average molecular weight is 530 g/mol. The number of benzene rings is 2. The number of ether oxygens (including phenoxy) is 1. The SMILES string of the molecule is COc1ccc(S(=O)(=O)N2CCCC(C(=O)Nc3cc(C)nn3-c3nc4ccc(F)cc4s3)C2)cc1. The van der Waals surface area contributed by atoms with Crippen LogP contribution in [0.3, 0.4) is 0 Å². The predicted molar refractivity (Wildman–Crippen MR) is 135 cm³/mol. The van der Waals surface area contributed by atoms with E-state index in [9.17, 15) is 17.6 Å². The molecule has 1 saturated heterocycles. The number of nitrogens with one attached hydrogen (secondary N) is 1. The van der Waals surface area contributed by atoms with E-state index in [1.54, 1.807) is 31.2 Å². The normalized spacial score (nSPS) is 16.8. The second-order valence-electron chi connectivity index (χ2n) is 8.56. The molecule has 2 aromatic carbocycles. The van der Waals surface area contributed by atoms with Crippen molar-refractivity contribution in [2.75, 3.05) is 25.5 Å². The van der Waals surface area contributed by atoms with E-state index in [1.807, 2.05) is 0 Å². The first-order valence-electron chi connectivity index (χ1n) is 11.3. The lowest BCUT2D eigenvalue weighted by atomic mass is 9.99. The molecule has 1 unspecified atom stereocenters. The third-order valence-electron chi connectivity index (χ3n) is 6.06. The van der Waals surface area contributed by atoms with Crippen molar-refractivity contribution >= 4 is 43.3 Å². The number of rotatable bonds is 6. The lowest BCUT2D eigenvalue weighted by molar-refractivity contribution is -0.120. The fourth-order valence-corrected chi connectivity index (χ4v) is 6.69. The van der Waals surface area contributed by atoms with Gasteiger partial charge in [-0.2, -0.15) is 14.1 Å². The number of amides is 1. The number of aromatic nitrogens is 3. The maximum Gasteiger partial charge on any atom is 0.243 e. The second-order valence-corrected chi connectivity index (χ2v) is 11.5. The lowest BCUT2D eigenvalue weighted by Gasteiger charge is -2.31. The molecule has 2 aromatic heterocycles. The van der Waals surface area contributed by atoms with Crippen LogP contribution in [-0.4, -0.2) is 53.6 Å². The van der Waals surface area contributed by atoms with Crippen molar-refractivity contribution in [2.24, 2.45) is 5.92 Å². The molecule has 5 rings (SSSR count). The molecule has 1 amide bonds. The van der Waals surface area contributed by atoms with Gasteiger partial charge in [0.15, 0.2) is 0 Å². The van der Waals surface area contributed by atoms with Crippen LogP contribution in [0.5, 0.6) is 5.75 Å². The predicted octanol–water partition coefficient (Wildman–Crippen LogP) is 3.98. The molecular formula is C24H24FN5O4S2. The largest absolute Gasteiger partial charge is 0.497 e. The number of sulfonamides is 1. The molecule has 0 spiro atoms. The van der Waals surface area contributed by atoms with Gasteiger partial charge in [-0.25, -0.2) is 17.8 Å². The molecule has 9 nitrogen and oxygen atoms in total. The number of hydrogen-bond donors (Lipinski definition) is 1. The Bertz CT molecular complexity index is 1530. The van der Waals surface area contributed by atoms with Gasteiger partial charge in [-0.1, -0.05) is 11.3 Å². The van der Waals surface area contributed by atoms with Crippen LogP contribution in [0.1, 0.15) is 18.5 Å². The molecule has 1 aliphatic rings. The number of carbonyl (C=O) groups is 1. The molecule has 36 heavy (non-hydrogen) atoms. The molecule has 1 aliphatic heterocycles. The van der Waals surface area contributed by atoms with E-state index in [-0.39, 0.29) is 23.2 Å². The van der Waals surface area contributed by atoms with Crippen molar-refractivity contribution in [1.82, 2.24) is 19.1 Å². The van der Waals surface area contributed by atoms with Gasteiger partial charge in [0.25, 0.3) is 0 Å². The number of piperidine rings is 1. The minimum Gasteiger partial charge on any atom is -0.497 e. The van der Waals surface area contributed by atoms with E-state index in [1.165, 1.54) is 51.7 Å². The first-order valence-corrected chi connectivity index (χ1v) is 13.6. The summed E-state index contributed by atoms with van der Waals surface area (Å²) in [6.45, 7) is 2.22. The smallest absolute Gasteiger partial charge is 0.243 e. The van der Waals surface area contributed by atoms with Gasteiger partial charge in [0.1, 0.15) is 17.4 Å². The first-order chi connectivity index (χ1) is 17.2. The van der Waals surface area contributed by atoms with Crippen LogP contribution in [0.15, 0.2) is 53.4 Å². The van der Waals surface area contributed by atoms with Gasteiger partial charge >= 0.3 is 0 Å². The Labute approximate surface area is 211 Å². The number of nitrogens with zero attached hydrogens (tertiary/aromatic N) is 4. The summed E-state index contributed by atoms with van der Waals surface area (Å²) in [6.07, 6.45) is 1.13. The number of methoxy groups -OCH3 is 1. The molecule has 1 fully saturated rings. The fraction of sp³-hybridized carbons (Fsp3) is 0.292. The summed E-state index contributed by atoms with van der Waals surface area (Å²) in [6, 6.07) is 12.3. The van der Waals surface area contributed by atoms with Crippen LogP contribution >= 0.6 is 11.3 Å². The van der Waals surface area contributed by atoms with E-state index in [4.69, 9.17) is 4.74 Å². The van der Waals surface area contributed by atoms with Crippen LogP contribution in [0, 0.1) is 18.7 Å². The first kappa shape index (κ1) is 24.3. The summed E-state index contributed by atoms with van der Waals surface area (Å²) in [7, 11) is -2.24. The van der Waals surface area contributed by atoms with Crippen molar-refractivity contribution in [2.45, 2.75) is 24.7 Å². The molecule has 3 heterocycles. The van der Waals surface area contributed by atoms with Gasteiger partial charge in [-0.05, 0) is 62.2 Å². The maximum absolute atomic E-state index is 13.6. The Morgan fingerprint density at radius 2 is 1.97 bits per heavy atom. The Morgan fingerprint density at radius 1 is 1.19 bits per heavy atom. The van der Waals surface area contributed by atoms with Crippen LogP contribution in [-0.2, 0) is 14.8 Å². The van der Waals surface area contributed by atoms with Crippen LogP contribution in [0.2, 0.25) is 0 Å². The molecule has 188 valence electrons. The van der Waals surface area contributed by atoms with Gasteiger partial charge in [0.2, 0.25) is 21.1 Å². The van der Waals surface area contributed by atoms with E-state index < -0.39 is 15.9 Å². The number of anilines is 1. The van der Waals surface area contributed by atoms with E-state index >= 15 is 0 Å². The highest BCUT2D eigenvalue weighted by Crippen LogP contribution is 2.29. The van der Waals surface area contributed by atoms with Crippen molar-refractivity contribution < 1.29 is 22.3 Å². The summed E-state index contributed by atoms with van der Waals surface area (Å²) in [5.74, 6) is -0.186. The van der Waals surface area contributed by atoms with Gasteiger partial charge in [0.05, 0.1) is 33.8 Å². The quantitative estimate of drug-likeness (QED) is 0.405. The Hall–Kier alpha value is -3.35. The molecule has 0 bridgehead atoms. The molecule has 0 saturated carbocycles. The number of carbonyl (C=O) groups excluding carboxylic acids is 1. The second kappa shape index (κ2) is 9.60. The molecular weight excluding hydrogens is 505 g/mol. The van der Waals surface area contributed by atoms with E-state index in [0.29, 0.717) is 52.0 Å². The number of hydrogen-bond acceptors (Lipinski definition) is 7. The molecule has 1 atom stereocenters. The number of halogens is 1. The molecule has 4 aromatic rings. The summed E-state index contributed by atoms with van der Waals surface area (Å²) >= 11 is 1.26. The Balaban J connectivity index is 1.34. The van der Waals surface area contributed by atoms with Gasteiger partial charge < -0.3 is 10.1 Å². The van der Waals surface area contributed by atoms with Gasteiger partial charge in [0, 0.05) is 19.2 Å². The van der Waals surface area contributed by atoms with E-state index in [0.717, 1.165) is 0 Å². The van der Waals surface area contributed by atoms with Crippen molar-refractivity contribution in [3.8, 4) is 10.9 Å². The van der Waals surface area contributed by atoms with Crippen LogP contribution in [0.4, 0.5) is 10.2 Å². The average Bonchev–Trinajstić information content (AvgIpc) is 3.46. The van der Waals surface area contributed by atoms with Crippen molar-refractivity contribution in [3.63, 3.8) is 0 Å². The zero-order valence-electron chi connectivity index (χ0n) is 19.6. The number of fused-ring (bicyclic) bond motifs is 1. The zero-order chi connectivity index (χ0) is 25.4. The van der Waals surface area contributed by atoms with Crippen LogP contribution in [0.25, 0.3) is 15.3 Å². The standard InChI is InChI=1S/C24H24FN5O4S2/c1-15-12-22(30(28-15)24-26-20-10-5-17(25)13-21(20)35-24)27-23(31)16-4-3-11-29(14-16)36(32,33)19-8-6-18(34-2)7-9-19/h5-10,12-13,16H,3-4,11,14H2,1-2H3,(H,27,31). The summed E-state index contributed by atoms with van der Waals surface area (Å²) in [4.78, 5) is 17.9. The monoisotopic (exact) mass is 529 g/mol. The van der Waals surface area contributed by atoms with Crippen molar-refractivity contribution in [3.05, 3.63) is 60.0 Å². The topological polar surface area (TPSA) is 106 Å². The van der Waals surface area contributed by atoms with Gasteiger partial charge in [-0.3, -0.25) is 4.79 Å². The molecule has 0 aliphatic carbocycles.